The summed E-state index contributed by atoms with van der Waals surface area (Å²) in [6, 6.07) is -1.63. The van der Waals surface area contributed by atoms with E-state index in [-0.39, 0.29) is 11.4 Å². The van der Waals surface area contributed by atoms with Crippen LogP contribution in [0.1, 0.15) is 23.7 Å². The maximum Gasteiger partial charge on any atom is 0.408 e. The number of carbonyl (C=O) groups is 1. The molecule has 4 rings (SSSR count). The molecule has 0 bridgehead atoms. The van der Waals surface area contributed by atoms with Crippen LogP contribution in [0.4, 0.5) is 27.6 Å². The van der Waals surface area contributed by atoms with Crippen molar-refractivity contribution in [3.63, 3.8) is 0 Å². The van der Waals surface area contributed by atoms with Crippen molar-refractivity contribution in [3.05, 3.63) is 48.1 Å². The molecule has 1 saturated heterocycles. The Labute approximate surface area is 172 Å². The van der Waals surface area contributed by atoms with Gasteiger partial charge in [-0.3, -0.25) is 9.89 Å². The van der Waals surface area contributed by atoms with Crippen LogP contribution in [-0.2, 0) is 0 Å². The van der Waals surface area contributed by atoms with E-state index in [2.05, 4.69) is 15.3 Å². The summed E-state index contributed by atoms with van der Waals surface area (Å²) in [5.74, 6) is -3.45. The largest absolute Gasteiger partial charge is 0.408 e. The first kappa shape index (κ1) is 20.8. The predicted octanol–water partition coefficient (Wildman–Crippen LogP) is 3.43. The number of halogens is 5. The van der Waals surface area contributed by atoms with Gasteiger partial charge in [0, 0.05) is 36.6 Å². The van der Waals surface area contributed by atoms with Gasteiger partial charge in [0.05, 0.1) is 18.0 Å². The molecule has 164 valence electrons. The lowest BCUT2D eigenvalue weighted by atomic mass is 10.1. The highest BCUT2D eigenvalue weighted by atomic mass is 19.4. The van der Waals surface area contributed by atoms with Gasteiger partial charge in [-0.15, -0.1) is 0 Å². The van der Waals surface area contributed by atoms with Crippen LogP contribution in [0.2, 0.25) is 0 Å². The number of nitrogens with one attached hydrogen (secondary N) is 2. The van der Waals surface area contributed by atoms with Gasteiger partial charge in [-0.1, -0.05) is 0 Å². The number of H-pyrrole nitrogens is 1. The second-order valence-electron chi connectivity index (χ2n) is 7.16. The van der Waals surface area contributed by atoms with Gasteiger partial charge < -0.3 is 10.2 Å². The molecule has 1 unspecified atom stereocenters. The van der Waals surface area contributed by atoms with Crippen LogP contribution < -0.4 is 10.2 Å². The first-order valence-electron chi connectivity index (χ1n) is 9.35. The molecule has 0 spiro atoms. The number of nitrogens with zero attached hydrogens (tertiary/aromatic N) is 4. The third-order valence-electron chi connectivity index (χ3n) is 5.06. The Morgan fingerprint density at radius 1 is 1.19 bits per heavy atom. The second-order valence-corrected chi connectivity index (χ2v) is 7.16. The average molecular weight is 440 g/mol. The summed E-state index contributed by atoms with van der Waals surface area (Å²) in [6.07, 6.45) is 2.05. The maximum atomic E-state index is 15.3. The van der Waals surface area contributed by atoms with Gasteiger partial charge in [0.2, 0.25) is 0 Å². The van der Waals surface area contributed by atoms with E-state index in [9.17, 15) is 18.0 Å². The molecular formula is C19H17F5N6O. The zero-order valence-electron chi connectivity index (χ0n) is 16.2. The minimum atomic E-state index is -4.72. The van der Waals surface area contributed by atoms with E-state index in [1.807, 2.05) is 0 Å². The molecule has 1 atom stereocenters. The number of amides is 1. The van der Waals surface area contributed by atoms with E-state index in [4.69, 9.17) is 0 Å². The number of hydrogen-bond donors (Lipinski definition) is 2. The summed E-state index contributed by atoms with van der Waals surface area (Å²) in [5.41, 5.74) is 0.00504. The zero-order valence-corrected chi connectivity index (χ0v) is 16.2. The molecule has 0 saturated carbocycles. The average Bonchev–Trinajstić information content (AvgIpc) is 3.33. The van der Waals surface area contributed by atoms with Gasteiger partial charge in [-0.25, -0.2) is 13.5 Å². The minimum absolute atomic E-state index is 0.224. The fourth-order valence-electron chi connectivity index (χ4n) is 3.17. The number of benzene rings is 1. The van der Waals surface area contributed by atoms with Crippen LogP contribution in [0.5, 0.6) is 0 Å². The van der Waals surface area contributed by atoms with Crippen molar-refractivity contribution in [3.8, 4) is 16.8 Å². The summed E-state index contributed by atoms with van der Waals surface area (Å²) in [5, 5.41) is 12.2. The molecule has 2 aromatic heterocycles. The summed E-state index contributed by atoms with van der Waals surface area (Å²) in [4.78, 5) is 13.8. The third-order valence-corrected chi connectivity index (χ3v) is 5.06. The number of hydrogen-bond acceptors (Lipinski definition) is 4. The first-order chi connectivity index (χ1) is 14.7. The molecule has 1 amide bonds. The highest BCUT2D eigenvalue weighted by Gasteiger charge is 2.38. The molecule has 1 aliphatic heterocycles. The van der Waals surface area contributed by atoms with Crippen LogP contribution in [-0.4, -0.2) is 51.2 Å². The monoisotopic (exact) mass is 440 g/mol. The Balaban J connectivity index is 1.77. The lowest BCUT2D eigenvalue weighted by molar-refractivity contribution is -0.149. The fourth-order valence-corrected chi connectivity index (χ4v) is 3.17. The Morgan fingerprint density at radius 3 is 2.52 bits per heavy atom. The number of rotatable bonds is 5. The molecule has 0 radical (unpaired) electrons. The van der Waals surface area contributed by atoms with Gasteiger partial charge >= 0.3 is 6.18 Å². The second kappa shape index (κ2) is 7.67. The van der Waals surface area contributed by atoms with Crippen LogP contribution in [0.25, 0.3) is 16.8 Å². The minimum Gasteiger partial charge on any atom is -0.367 e. The van der Waals surface area contributed by atoms with Crippen LogP contribution in [0.15, 0.2) is 30.9 Å². The van der Waals surface area contributed by atoms with Crippen molar-refractivity contribution in [2.45, 2.75) is 25.6 Å². The normalized spacial score (nSPS) is 15.0. The van der Waals surface area contributed by atoms with E-state index >= 15 is 8.78 Å². The number of alkyl halides is 3. The van der Waals surface area contributed by atoms with Crippen LogP contribution in [0.3, 0.4) is 0 Å². The standard InChI is InChI=1S/C19H17F5N6O/c1-10(19(22,23)24)28-18(31)13-5-14(20)16(17(15(13)21)29-3-2-4-29)30-9-12(8-27-30)11-6-25-26-7-11/h5-10H,2-4H2,1H3,(H,25,26)(H,28,31). The van der Waals surface area contributed by atoms with E-state index in [1.165, 1.54) is 23.5 Å². The predicted molar refractivity (Wildman–Crippen MR) is 101 cm³/mol. The van der Waals surface area contributed by atoms with E-state index in [1.54, 1.807) is 11.5 Å². The SMILES string of the molecule is CC(NC(=O)c1cc(F)c(-n2cc(-c3cn[nH]c3)cn2)c(N2CCC2)c1F)C(F)(F)F. The molecule has 1 aromatic carbocycles. The van der Waals surface area contributed by atoms with E-state index in [0.717, 1.165) is 18.0 Å². The van der Waals surface area contributed by atoms with Crippen LogP contribution >= 0.6 is 0 Å². The molecule has 2 N–H and O–H groups in total. The summed E-state index contributed by atoms with van der Waals surface area (Å²) < 4.78 is 69.9. The summed E-state index contributed by atoms with van der Waals surface area (Å²) >= 11 is 0. The molecule has 3 aromatic rings. The van der Waals surface area contributed by atoms with Gasteiger partial charge in [0.1, 0.15) is 17.4 Å². The Kier molecular flexibility index (Phi) is 5.15. The van der Waals surface area contributed by atoms with Crippen molar-refractivity contribution < 1.29 is 26.7 Å². The van der Waals surface area contributed by atoms with Gasteiger partial charge in [0.15, 0.2) is 11.6 Å². The first-order valence-corrected chi connectivity index (χ1v) is 9.35. The number of aromatic amines is 1. The molecule has 1 fully saturated rings. The molecule has 31 heavy (non-hydrogen) atoms. The van der Waals surface area contributed by atoms with Crippen molar-refractivity contribution >= 4 is 11.6 Å². The number of aromatic nitrogens is 4. The van der Waals surface area contributed by atoms with Crippen molar-refractivity contribution in [1.29, 1.82) is 0 Å². The number of carbonyl (C=O) groups excluding carboxylic acids is 1. The smallest absolute Gasteiger partial charge is 0.367 e. The Hall–Kier alpha value is -3.44. The third kappa shape index (κ3) is 3.84. The summed E-state index contributed by atoms with van der Waals surface area (Å²) in [7, 11) is 0. The van der Waals surface area contributed by atoms with Gasteiger partial charge in [-0.05, 0) is 19.4 Å². The lowest BCUT2D eigenvalue weighted by Gasteiger charge is -2.35. The zero-order chi connectivity index (χ0) is 22.3. The lowest BCUT2D eigenvalue weighted by Crippen LogP contribution is -2.44. The fraction of sp³-hybridized carbons (Fsp3) is 0.316. The summed E-state index contributed by atoms with van der Waals surface area (Å²) in [6.45, 7) is 1.53. The van der Waals surface area contributed by atoms with E-state index < -0.39 is 35.3 Å². The van der Waals surface area contributed by atoms with E-state index in [0.29, 0.717) is 30.3 Å². The molecule has 7 nitrogen and oxygen atoms in total. The molecular weight excluding hydrogens is 423 g/mol. The molecule has 0 aliphatic carbocycles. The van der Waals surface area contributed by atoms with Crippen LogP contribution in [0, 0.1) is 11.6 Å². The number of anilines is 1. The topological polar surface area (TPSA) is 78.8 Å². The van der Waals surface area contributed by atoms with Gasteiger partial charge in [0.25, 0.3) is 5.91 Å². The quantitative estimate of drug-likeness (QED) is 0.596. The highest BCUT2D eigenvalue weighted by molar-refractivity contribution is 5.96. The van der Waals surface area contributed by atoms with Crippen molar-refractivity contribution in [2.24, 2.45) is 0 Å². The molecule has 12 heteroatoms. The van der Waals surface area contributed by atoms with Crippen molar-refractivity contribution in [1.82, 2.24) is 25.3 Å². The molecule has 1 aliphatic rings. The van der Waals surface area contributed by atoms with Crippen molar-refractivity contribution in [2.75, 3.05) is 18.0 Å². The highest BCUT2D eigenvalue weighted by Crippen LogP contribution is 2.36. The molecule has 3 heterocycles. The van der Waals surface area contributed by atoms with Gasteiger partial charge in [-0.2, -0.15) is 23.4 Å². The Morgan fingerprint density at radius 2 is 1.94 bits per heavy atom. The Bertz CT molecular complexity index is 1100. The maximum absolute atomic E-state index is 15.3.